The van der Waals surface area contributed by atoms with Gasteiger partial charge in [0.15, 0.2) is 0 Å². The first-order valence-corrected chi connectivity index (χ1v) is 7.59. The fourth-order valence-corrected chi connectivity index (χ4v) is 4.04. The van der Waals surface area contributed by atoms with E-state index >= 15 is 0 Å². The third kappa shape index (κ3) is 2.11. The van der Waals surface area contributed by atoms with Gasteiger partial charge in [0.2, 0.25) is 0 Å². The van der Waals surface area contributed by atoms with Crippen LogP contribution in [-0.4, -0.2) is 11.5 Å². The van der Waals surface area contributed by atoms with Crippen LogP contribution in [0.15, 0.2) is 10.7 Å². The summed E-state index contributed by atoms with van der Waals surface area (Å²) in [4.78, 5) is 4.38. The molecule has 0 radical (unpaired) electrons. The minimum absolute atomic E-state index is 0.743. The van der Waals surface area contributed by atoms with Crippen LogP contribution in [0.1, 0.15) is 31.2 Å². The number of hydrogen-bond donors (Lipinski definition) is 2. The topological polar surface area (TPSA) is 50.9 Å². The van der Waals surface area contributed by atoms with E-state index in [1.807, 2.05) is 6.92 Å². The zero-order valence-corrected chi connectivity index (χ0v) is 12.3. The molecular weight excluding hydrogens is 290 g/mol. The average Bonchev–Trinajstić information content (AvgIpc) is 2.97. The number of fused-ring (bicyclic) bond motifs is 2. The molecule has 0 saturated heterocycles. The number of nitrogens with zero attached hydrogens (tertiary/aromatic N) is 1. The van der Waals surface area contributed by atoms with Crippen molar-refractivity contribution < 1.29 is 0 Å². The van der Waals surface area contributed by atoms with Crippen LogP contribution in [0.25, 0.3) is 0 Å². The summed E-state index contributed by atoms with van der Waals surface area (Å²) in [7, 11) is 0. The molecule has 3 nitrogen and oxygen atoms in total. The van der Waals surface area contributed by atoms with Crippen LogP contribution in [0.2, 0.25) is 0 Å². The van der Waals surface area contributed by atoms with E-state index in [-0.39, 0.29) is 0 Å². The Morgan fingerprint density at radius 2 is 2.28 bits per heavy atom. The molecular formula is C14H20BrN3. The molecule has 1 aromatic rings. The Labute approximate surface area is 117 Å². The summed E-state index contributed by atoms with van der Waals surface area (Å²) >= 11 is 3.58. The van der Waals surface area contributed by atoms with Gasteiger partial charge in [-0.15, -0.1) is 0 Å². The molecule has 18 heavy (non-hydrogen) atoms. The number of nitrogen functional groups attached to an aromatic ring is 1. The Morgan fingerprint density at radius 1 is 1.44 bits per heavy atom. The van der Waals surface area contributed by atoms with Gasteiger partial charge in [-0.2, -0.15) is 0 Å². The molecule has 3 atom stereocenters. The molecule has 3 rings (SSSR count). The maximum Gasteiger partial charge on any atom is 0.140 e. The van der Waals surface area contributed by atoms with E-state index in [9.17, 15) is 0 Å². The smallest absolute Gasteiger partial charge is 0.140 e. The molecule has 98 valence electrons. The highest BCUT2D eigenvalue weighted by Gasteiger charge is 2.39. The minimum atomic E-state index is 0.743. The highest BCUT2D eigenvalue weighted by molar-refractivity contribution is 9.10. The molecule has 1 heterocycles. The third-order valence-electron chi connectivity index (χ3n) is 4.72. The van der Waals surface area contributed by atoms with Crippen molar-refractivity contribution in [3.8, 4) is 0 Å². The first-order chi connectivity index (χ1) is 8.65. The molecule has 2 aliphatic rings. The molecule has 1 aromatic heterocycles. The second-order valence-corrected chi connectivity index (χ2v) is 6.61. The van der Waals surface area contributed by atoms with Crippen molar-refractivity contribution in [3.05, 3.63) is 16.2 Å². The van der Waals surface area contributed by atoms with Crippen LogP contribution in [0.4, 0.5) is 11.5 Å². The predicted molar refractivity (Wildman–Crippen MR) is 78.5 cm³/mol. The summed E-state index contributed by atoms with van der Waals surface area (Å²) in [5, 5.41) is 3.49. The van der Waals surface area contributed by atoms with Crippen LogP contribution in [0.5, 0.6) is 0 Å². The number of rotatable bonds is 3. The number of anilines is 2. The molecule has 2 aliphatic carbocycles. The number of nitrogens with one attached hydrogen (secondary N) is 1. The zero-order valence-electron chi connectivity index (χ0n) is 10.7. The van der Waals surface area contributed by atoms with Gasteiger partial charge >= 0.3 is 0 Å². The fraction of sp³-hybridized carbons (Fsp3) is 0.643. The van der Waals surface area contributed by atoms with Gasteiger partial charge in [0.1, 0.15) is 5.82 Å². The lowest BCUT2D eigenvalue weighted by Gasteiger charge is -2.22. The molecule has 0 aliphatic heterocycles. The van der Waals surface area contributed by atoms with E-state index in [0.717, 1.165) is 45.8 Å². The van der Waals surface area contributed by atoms with Crippen molar-refractivity contribution in [2.24, 2.45) is 17.8 Å². The van der Waals surface area contributed by atoms with E-state index in [2.05, 4.69) is 26.2 Å². The van der Waals surface area contributed by atoms with Crippen LogP contribution >= 0.6 is 15.9 Å². The number of halogens is 1. The lowest BCUT2D eigenvalue weighted by molar-refractivity contribution is 0.348. The van der Waals surface area contributed by atoms with Crippen molar-refractivity contribution in [1.29, 1.82) is 0 Å². The Kier molecular flexibility index (Phi) is 3.22. The number of aromatic nitrogens is 1. The van der Waals surface area contributed by atoms with Gasteiger partial charge in [-0.05, 0) is 65.4 Å². The van der Waals surface area contributed by atoms with Gasteiger partial charge in [-0.25, -0.2) is 4.98 Å². The first kappa shape index (κ1) is 12.3. The van der Waals surface area contributed by atoms with E-state index in [0.29, 0.717) is 0 Å². The van der Waals surface area contributed by atoms with E-state index in [1.54, 1.807) is 6.20 Å². The summed E-state index contributed by atoms with van der Waals surface area (Å²) in [6.45, 7) is 3.07. The molecule has 2 fully saturated rings. The molecule has 0 spiro atoms. The van der Waals surface area contributed by atoms with Crippen LogP contribution < -0.4 is 11.1 Å². The van der Waals surface area contributed by atoms with Gasteiger partial charge in [0.25, 0.3) is 0 Å². The molecule has 2 bridgehead atoms. The summed E-state index contributed by atoms with van der Waals surface area (Å²) in [5.74, 6) is 3.74. The van der Waals surface area contributed by atoms with Crippen LogP contribution in [-0.2, 0) is 0 Å². The molecule has 3 unspecified atom stereocenters. The first-order valence-electron chi connectivity index (χ1n) is 6.79. The highest BCUT2D eigenvalue weighted by Crippen LogP contribution is 2.48. The largest absolute Gasteiger partial charge is 0.397 e. The van der Waals surface area contributed by atoms with Gasteiger partial charge in [0, 0.05) is 6.54 Å². The Morgan fingerprint density at radius 3 is 2.94 bits per heavy atom. The number of hydrogen-bond acceptors (Lipinski definition) is 3. The lowest BCUT2D eigenvalue weighted by atomic mass is 9.89. The van der Waals surface area contributed by atoms with Crippen molar-refractivity contribution in [2.75, 3.05) is 17.6 Å². The Bertz CT molecular complexity index is 461. The zero-order chi connectivity index (χ0) is 12.7. The summed E-state index contributed by atoms with van der Waals surface area (Å²) < 4.78 is 1.01. The fourth-order valence-electron chi connectivity index (χ4n) is 3.57. The monoisotopic (exact) mass is 309 g/mol. The number of pyridine rings is 1. The molecule has 4 heteroatoms. The lowest BCUT2D eigenvalue weighted by Crippen LogP contribution is -2.20. The summed E-state index contributed by atoms with van der Waals surface area (Å²) in [5.41, 5.74) is 7.65. The quantitative estimate of drug-likeness (QED) is 0.897. The van der Waals surface area contributed by atoms with Gasteiger partial charge in [-0.1, -0.05) is 6.42 Å². The SMILES string of the molecule is Cc1c(N)cnc(NCC2CC3CCC2C3)c1Br. The van der Waals surface area contributed by atoms with E-state index in [1.165, 1.54) is 25.7 Å². The molecule has 2 saturated carbocycles. The summed E-state index contributed by atoms with van der Waals surface area (Å²) in [6.07, 6.45) is 7.50. The molecule has 0 aromatic carbocycles. The van der Waals surface area contributed by atoms with Gasteiger partial charge < -0.3 is 11.1 Å². The van der Waals surface area contributed by atoms with Crippen molar-refractivity contribution in [1.82, 2.24) is 4.98 Å². The maximum atomic E-state index is 5.84. The van der Waals surface area contributed by atoms with Gasteiger partial charge in [-0.3, -0.25) is 0 Å². The predicted octanol–water partition coefficient (Wildman–Crippen LogP) is 3.58. The normalized spacial score (nSPS) is 29.8. The minimum Gasteiger partial charge on any atom is -0.397 e. The summed E-state index contributed by atoms with van der Waals surface area (Å²) in [6, 6.07) is 0. The van der Waals surface area contributed by atoms with Crippen LogP contribution in [0, 0.1) is 24.7 Å². The van der Waals surface area contributed by atoms with E-state index < -0.39 is 0 Å². The van der Waals surface area contributed by atoms with E-state index in [4.69, 9.17) is 5.73 Å². The number of nitrogens with two attached hydrogens (primary N) is 1. The average molecular weight is 310 g/mol. The highest BCUT2D eigenvalue weighted by atomic mass is 79.9. The molecule has 3 N–H and O–H groups in total. The maximum absolute atomic E-state index is 5.84. The Balaban J connectivity index is 1.65. The second kappa shape index (κ2) is 4.72. The van der Waals surface area contributed by atoms with Crippen molar-refractivity contribution in [2.45, 2.75) is 32.6 Å². The van der Waals surface area contributed by atoms with Crippen LogP contribution in [0.3, 0.4) is 0 Å². The van der Waals surface area contributed by atoms with Crippen molar-refractivity contribution in [3.63, 3.8) is 0 Å². The third-order valence-corrected chi connectivity index (χ3v) is 5.69. The Hall–Kier alpha value is -0.770. The second-order valence-electron chi connectivity index (χ2n) is 5.82. The molecule has 0 amide bonds. The van der Waals surface area contributed by atoms with Gasteiger partial charge in [0.05, 0.1) is 16.4 Å². The van der Waals surface area contributed by atoms with Crippen molar-refractivity contribution >= 4 is 27.4 Å². The standard InChI is InChI=1S/C14H20BrN3/c1-8-12(16)7-18-14(13(8)15)17-6-11-5-9-2-3-10(11)4-9/h7,9-11H,2-6,16H2,1H3,(H,17,18).